The lowest BCUT2D eigenvalue weighted by Crippen LogP contribution is -2.52. The number of carbonyl (C=O) groups is 2. The van der Waals surface area contributed by atoms with Crippen molar-refractivity contribution in [2.45, 2.75) is 44.6 Å². The van der Waals surface area contributed by atoms with Crippen LogP contribution in [0.3, 0.4) is 0 Å². The number of carbonyl (C=O) groups excluding carboxylic acids is 2. The van der Waals surface area contributed by atoms with Crippen molar-refractivity contribution >= 4 is 58.2 Å². The number of nitrogens with one attached hydrogen (secondary N) is 1. The Labute approximate surface area is 275 Å². The number of amides is 2. The summed E-state index contributed by atoms with van der Waals surface area (Å²) in [6.45, 7) is 5.70. The number of hydrogen-bond acceptors (Lipinski definition) is 5. The van der Waals surface area contributed by atoms with Crippen LogP contribution >= 0.6 is 46.4 Å². The van der Waals surface area contributed by atoms with Crippen molar-refractivity contribution in [1.82, 2.24) is 15.1 Å². The zero-order valence-corrected chi connectivity index (χ0v) is 27.7. The number of likely N-dealkylation sites (tertiary alicyclic amines) is 2. The van der Waals surface area contributed by atoms with E-state index in [-0.39, 0.29) is 35.5 Å². The highest BCUT2D eigenvalue weighted by Gasteiger charge is 2.36. The Hall–Kier alpha value is -1.58. The quantitative estimate of drug-likeness (QED) is 0.371. The molecule has 3 fully saturated rings. The number of hydrogen-bond donors (Lipinski definition) is 3. The van der Waals surface area contributed by atoms with E-state index < -0.39 is 0 Å². The van der Waals surface area contributed by atoms with Gasteiger partial charge in [0.2, 0.25) is 11.8 Å². The molecule has 0 radical (unpaired) electrons. The zero-order valence-electron chi connectivity index (χ0n) is 24.7. The van der Waals surface area contributed by atoms with Crippen LogP contribution in [0.2, 0.25) is 20.1 Å². The van der Waals surface area contributed by atoms with E-state index in [9.17, 15) is 9.59 Å². The first kappa shape index (κ1) is 34.3. The molecule has 3 saturated heterocycles. The Morgan fingerprint density at radius 3 is 1.81 bits per heavy atom. The summed E-state index contributed by atoms with van der Waals surface area (Å²) >= 11 is 24.0. The molecule has 5 N–H and O–H groups in total. The minimum Gasteiger partial charge on any atom is -0.369 e. The first-order valence-corrected chi connectivity index (χ1v) is 16.6. The van der Waals surface area contributed by atoms with Crippen molar-refractivity contribution in [3.8, 4) is 0 Å². The first-order valence-electron chi connectivity index (χ1n) is 15.1. The molecule has 2 aromatic rings. The van der Waals surface area contributed by atoms with E-state index in [1.165, 1.54) is 12.8 Å². The van der Waals surface area contributed by atoms with Gasteiger partial charge in [-0.3, -0.25) is 14.5 Å². The Kier molecular flexibility index (Phi) is 12.9. The van der Waals surface area contributed by atoms with E-state index in [0.717, 1.165) is 69.5 Å². The van der Waals surface area contributed by atoms with Crippen LogP contribution in [0.1, 0.15) is 36.8 Å². The molecule has 2 amide bonds. The van der Waals surface area contributed by atoms with Gasteiger partial charge in [-0.2, -0.15) is 0 Å². The summed E-state index contributed by atoms with van der Waals surface area (Å²) in [7, 11) is 2.17. The molecular weight excluding hydrogens is 628 g/mol. The SMILES string of the molecule is CN1CCC(N2CCC(Cc3ccc(Cl)c(Cl)c3)[C@H](C(N)=O)C2)CC1.NC(=O)[C@@H]1CNCCC1Cc1ccc(Cl)c(Cl)c1. The van der Waals surface area contributed by atoms with Crippen LogP contribution in [0, 0.1) is 23.7 Å². The third-order valence-corrected chi connectivity index (χ3v) is 10.8. The van der Waals surface area contributed by atoms with Crippen LogP contribution < -0.4 is 16.8 Å². The molecule has 7 nitrogen and oxygen atoms in total. The Morgan fingerprint density at radius 2 is 1.30 bits per heavy atom. The van der Waals surface area contributed by atoms with Gasteiger partial charge in [0.05, 0.1) is 31.9 Å². The minimum absolute atomic E-state index is 0.0946. The third-order valence-electron chi connectivity index (χ3n) is 9.31. The molecule has 2 aromatic carbocycles. The van der Waals surface area contributed by atoms with Crippen LogP contribution in [0.25, 0.3) is 0 Å². The molecular formula is C32H43Cl4N5O2. The standard InChI is InChI=1S/C19H27Cl2N3O.C13H16Cl2N2O/c1-23-7-5-15(6-8-23)24-9-4-14(16(12-24)19(22)25)10-13-2-3-17(20)18(21)11-13;14-11-2-1-8(6-12(11)15)5-9-3-4-17-7-10(9)13(16)18/h2-3,11,14-16H,4-10,12H2,1H3,(H2,22,25);1-2,6,9-10,17H,3-5,7H2,(H2,16,18)/t14?,16-;9?,10-/m11/s1. The summed E-state index contributed by atoms with van der Waals surface area (Å²) in [4.78, 5) is 28.4. The van der Waals surface area contributed by atoms with Crippen LogP contribution in [0.15, 0.2) is 36.4 Å². The van der Waals surface area contributed by atoms with Gasteiger partial charge in [0.15, 0.2) is 0 Å². The summed E-state index contributed by atoms with van der Waals surface area (Å²) in [6, 6.07) is 11.9. The fraction of sp³-hybridized carbons (Fsp3) is 0.562. The molecule has 3 aliphatic rings. The summed E-state index contributed by atoms with van der Waals surface area (Å²) in [6.07, 6.45) is 5.95. The highest BCUT2D eigenvalue weighted by Crippen LogP contribution is 2.32. The molecule has 5 rings (SSSR count). The fourth-order valence-corrected chi connectivity index (χ4v) is 7.35. The molecule has 3 aliphatic heterocycles. The van der Waals surface area contributed by atoms with Gasteiger partial charge in [0, 0.05) is 19.1 Å². The summed E-state index contributed by atoms with van der Waals surface area (Å²) in [5.41, 5.74) is 13.4. The van der Waals surface area contributed by atoms with E-state index in [1.54, 1.807) is 6.07 Å². The summed E-state index contributed by atoms with van der Waals surface area (Å²) in [5.74, 6) is -0.0516. The number of halogens is 4. The number of nitrogens with two attached hydrogens (primary N) is 2. The van der Waals surface area contributed by atoms with Gasteiger partial charge in [-0.1, -0.05) is 58.5 Å². The topological polar surface area (TPSA) is 105 Å². The number of rotatable bonds is 7. The maximum atomic E-state index is 12.1. The van der Waals surface area contributed by atoms with Crippen molar-refractivity contribution in [1.29, 1.82) is 0 Å². The second-order valence-corrected chi connectivity index (χ2v) is 13.9. The average molecular weight is 672 g/mol. The van der Waals surface area contributed by atoms with E-state index >= 15 is 0 Å². The van der Waals surface area contributed by atoms with Crippen molar-refractivity contribution < 1.29 is 9.59 Å². The molecule has 0 aromatic heterocycles. The van der Waals surface area contributed by atoms with Crippen LogP contribution in [-0.2, 0) is 22.4 Å². The molecule has 4 atom stereocenters. The normalized spacial score (nSPS) is 25.5. The lowest BCUT2D eigenvalue weighted by atomic mass is 9.80. The highest BCUT2D eigenvalue weighted by molar-refractivity contribution is 6.42. The molecule has 0 spiro atoms. The van der Waals surface area contributed by atoms with Gasteiger partial charge in [0.1, 0.15) is 0 Å². The van der Waals surface area contributed by atoms with Crippen LogP contribution in [-0.4, -0.2) is 74.0 Å². The smallest absolute Gasteiger partial charge is 0.222 e. The van der Waals surface area contributed by atoms with Gasteiger partial charge in [-0.15, -0.1) is 0 Å². The Balaban J connectivity index is 0.000000208. The Morgan fingerprint density at radius 1 is 0.767 bits per heavy atom. The fourth-order valence-electron chi connectivity index (χ4n) is 6.71. The molecule has 11 heteroatoms. The second-order valence-electron chi connectivity index (χ2n) is 12.3. The number of primary amides is 2. The highest BCUT2D eigenvalue weighted by atomic mass is 35.5. The summed E-state index contributed by atoms with van der Waals surface area (Å²) < 4.78 is 0. The van der Waals surface area contributed by atoms with Gasteiger partial charge >= 0.3 is 0 Å². The van der Waals surface area contributed by atoms with Crippen molar-refractivity contribution in [2.75, 3.05) is 46.3 Å². The van der Waals surface area contributed by atoms with Crippen molar-refractivity contribution in [3.63, 3.8) is 0 Å². The minimum atomic E-state index is -0.229. The number of nitrogens with zero attached hydrogens (tertiary/aromatic N) is 2. The van der Waals surface area contributed by atoms with Gasteiger partial charge in [-0.25, -0.2) is 0 Å². The van der Waals surface area contributed by atoms with Gasteiger partial charge in [-0.05, 0) is 119 Å². The molecule has 2 unspecified atom stereocenters. The molecule has 0 aliphatic carbocycles. The van der Waals surface area contributed by atoms with Crippen LogP contribution in [0.5, 0.6) is 0 Å². The van der Waals surface area contributed by atoms with E-state index in [2.05, 4.69) is 22.2 Å². The lowest BCUT2D eigenvalue weighted by Gasteiger charge is -2.43. The monoisotopic (exact) mass is 669 g/mol. The molecule has 0 saturated carbocycles. The van der Waals surface area contributed by atoms with Gasteiger partial charge in [0.25, 0.3) is 0 Å². The van der Waals surface area contributed by atoms with Crippen molar-refractivity contribution in [2.24, 2.45) is 35.1 Å². The molecule has 3 heterocycles. The lowest BCUT2D eigenvalue weighted by molar-refractivity contribution is -0.126. The number of piperidine rings is 3. The van der Waals surface area contributed by atoms with Crippen molar-refractivity contribution in [3.05, 3.63) is 67.6 Å². The third kappa shape index (κ3) is 9.70. The number of benzene rings is 2. The predicted octanol–water partition coefficient (Wildman–Crippen LogP) is 5.30. The largest absolute Gasteiger partial charge is 0.369 e. The predicted molar refractivity (Wildman–Crippen MR) is 177 cm³/mol. The average Bonchev–Trinajstić information content (AvgIpc) is 2.98. The first-order chi connectivity index (χ1) is 20.5. The molecule has 43 heavy (non-hydrogen) atoms. The van der Waals surface area contributed by atoms with E-state index in [1.807, 2.05) is 30.3 Å². The maximum Gasteiger partial charge on any atom is 0.222 e. The zero-order chi connectivity index (χ0) is 31.1. The van der Waals surface area contributed by atoms with E-state index in [0.29, 0.717) is 32.7 Å². The van der Waals surface area contributed by atoms with Crippen LogP contribution in [0.4, 0.5) is 0 Å². The summed E-state index contributed by atoms with van der Waals surface area (Å²) in [5, 5.41) is 5.44. The van der Waals surface area contributed by atoms with E-state index in [4.69, 9.17) is 57.9 Å². The van der Waals surface area contributed by atoms with Gasteiger partial charge < -0.3 is 21.7 Å². The molecule has 236 valence electrons. The molecule has 0 bridgehead atoms. The Bertz CT molecular complexity index is 1260. The second kappa shape index (κ2) is 16.1. The maximum absolute atomic E-state index is 12.1.